The van der Waals surface area contributed by atoms with E-state index in [0.717, 1.165) is 42.3 Å². The van der Waals surface area contributed by atoms with Crippen molar-refractivity contribution in [2.75, 3.05) is 29.9 Å². The Balaban J connectivity index is 1.48. The first-order valence-electron chi connectivity index (χ1n) is 8.18. The van der Waals surface area contributed by atoms with Gasteiger partial charge in [0.1, 0.15) is 0 Å². The molecule has 1 atom stereocenters. The first-order chi connectivity index (χ1) is 11.2. The minimum absolute atomic E-state index is 0.0486. The highest BCUT2D eigenvalue weighted by Crippen LogP contribution is 2.17. The van der Waals surface area contributed by atoms with Crippen LogP contribution in [-0.2, 0) is 16.1 Å². The number of amides is 2. The zero-order chi connectivity index (χ0) is 16.1. The molecule has 2 fully saturated rings. The fourth-order valence-corrected chi connectivity index (χ4v) is 3.92. The molecule has 2 aliphatic heterocycles. The average Bonchev–Trinajstić information content (AvgIpc) is 2.95. The van der Waals surface area contributed by atoms with Crippen molar-refractivity contribution in [1.82, 2.24) is 10.2 Å². The van der Waals surface area contributed by atoms with E-state index in [2.05, 4.69) is 10.6 Å². The lowest BCUT2D eigenvalue weighted by molar-refractivity contribution is -0.128. The highest BCUT2D eigenvalue weighted by molar-refractivity contribution is 7.99. The van der Waals surface area contributed by atoms with E-state index in [1.54, 1.807) is 0 Å². The number of anilines is 1. The van der Waals surface area contributed by atoms with Gasteiger partial charge in [-0.3, -0.25) is 9.59 Å². The number of hydrogen-bond donors (Lipinski definition) is 2. The van der Waals surface area contributed by atoms with E-state index in [9.17, 15) is 9.59 Å². The topological polar surface area (TPSA) is 61.4 Å². The van der Waals surface area contributed by atoms with Crippen molar-refractivity contribution in [2.45, 2.75) is 31.8 Å². The van der Waals surface area contributed by atoms with Crippen molar-refractivity contribution in [2.24, 2.45) is 0 Å². The molecule has 0 bridgehead atoms. The standard InChI is InChI=1S/C17H23N3O2S/c21-16(10-15-12-23-9-7-18-15)19-14-5-3-13(4-6-14)11-20-8-1-2-17(20)22/h3-6,15,18H,1-2,7-12H2,(H,19,21). The van der Waals surface area contributed by atoms with E-state index < -0.39 is 0 Å². The SMILES string of the molecule is O=C(CC1CSCCN1)Nc1ccc(CN2CCCC2=O)cc1. The van der Waals surface area contributed by atoms with Gasteiger partial charge in [0.15, 0.2) is 0 Å². The van der Waals surface area contributed by atoms with E-state index in [-0.39, 0.29) is 17.9 Å². The number of rotatable bonds is 5. The van der Waals surface area contributed by atoms with Gasteiger partial charge in [-0.25, -0.2) is 0 Å². The van der Waals surface area contributed by atoms with Crippen LogP contribution >= 0.6 is 11.8 Å². The van der Waals surface area contributed by atoms with Gasteiger partial charge in [0.25, 0.3) is 0 Å². The van der Waals surface area contributed by atoms with Crippen LogP contribution in [0.15, 0.2) is 24.3 Å². The molecule has 23 heavy (non-hydrogen) atoms. The second kappa shape index (κ2) is 7.84. The second-order valence-electron chi connectivity index (χ2n) is 6.09. The van der Waals surface area contributed by atoms with Crippen molar-refractivity contribution in [3.8, 4) is 0 Å². The zero-order valence-corrected chi connectivity index (χ0v) is 14.0. The molecule has 0 spiro atoms. The highest BCUT2D eigenvalue weighted by atomic mass is 32.2. The third-order valence-corrected chi connectivity index (χ3v) is 5.34. The van der Waals surface area contributed by atoms with Crippen LogP contribution in [0.25, 0.3) is 0 Å². The smallest absolute Gasteiger partial charge is 0.225 e. The first kappa shape index (κ1) is 16.3. The molecular formula is C17H23N3O2S. The number of likely N-dealkylation sites (tertiary alicyclic amines) is 1. The summed E-state index contributed by atoms with van der Waals surface area (Å²) in [6, 6.07) is 8.06. The van der Waals surface area contributed by atoms with Crippen LogP contribution in [-0.4, -0.2) is 47.4 Å². The maximum atomic E-state index is 12.1. The Morgan fingerprint density at radius 1 is 1.35 bits per heavy atom. The fraction of sp³-hybridized carbons (Fsp3) is 0.529. The summed E-state index contributed by atoms with van der Waals surface area (Å²) in [7, 11) is 0. The number of hydrogen-bond acceptors (Lipinski definition) is 4. The van der Waals surface area contributed by atoms with Gasteiger partial charge in [-0.2, -0.15) is 11.8 Å². The Kier molecular flexibility index (Phi) is 5.56. The molecule has 2 N–H and O–H groups in total. The van der Waals surface area contributed by atoms with E-state index in [1.807, 2.05) is 40.9 Å². The Bertz CT molecular complexity index is 555. The van der Waals surface area contributed by atoms with Gasteiger partial charge in [-0.1, -0.05) is 12.1 Å². The summed E-state index contributed by atoms with van der Waals surface area (Å²) in [5.74, 6) is 2.41. The Hall–Kier alpha value is -1.53. The third kappa shape index (κ3) is 4.72. The second-order valence-corrected chi connectivity index (χ2v) is 7.24. The van der Waals surface area contributed by atoms with E-state index in [4.69, 9.17) is 0 Å². The van der Waals surface area contributed by atoms with Crippen molar-refractivity contribution in [1.29, 1.82) is 0 Å². The molecule has 2 aliphatic rings. The number of nitrogens with one attached hydrogen (secondary N) is 2. The number of benzene rings is 1. The van der Waals surface area contributed by atoms with Gasteiger partial charge < -0.3 is 15.5 Å². The fourth-order valence-electron chi connectivity index (χ4n) is 2.97. The predicted octanol–water partition coefficient (Wildman–Crippen LogP) is 1.84. The molecule has 124 valence electrons. The zero-order valence-electron chi connectivity index (χ0n) is 13.2. The van der Waals surface area contributed by atoms with Crippen LogP contribution in [0.3, 0.4) is 0 Å². The molecule has 0 saturated carbocycles. The number of carbonyl (C=O) groups excluding carboxylic acids is 2. The summed E-state index contributed by atoms with van der Waals surface area (Å²) in [4.78, 5) is 25.6. The van der Waals surface area contributed by atoms with Gasteiger partial charge in [-0.15, -0.1) is 0 Å². The highest BCUT2D eigenvalue weighted by Gasteiger charge is 2.20. The average molecular weight is 333 g/mol. The molecule has 0 radical (unpaired) electrons. The number of nitrogens with zero attached hydrogens (tertiary/aromatic N) is 1. The van der Waals surface area contributed by atoms with Crippen LogP contribution in [0.1, 0.15) is 24.8 Å². The largest absolute Gasteiger partial charge is 0.338 e. The van der Waals surface area contributed by atoms with E-state index in [1.165, 1.54) is 0 Å². The molecule has 2 heterocycles. The molecular weight excluding hydrogens is 310 g/mol. The van der Waals surface area contributed by atoms with Crippen LogP contribution < -0.4 is 10.6 Å². The summed E-state index contributed by atoms with van der Waals surface area (Å²) in [6.07, 6.45) is 2.14. The van der Waals surface area contributed by atoms with Gasteiger partial charge in [-0.05, 0) is 24.1 Å². The Labute approximate surface area is 141 Å². The van der Waals surface area contributed by atoms with Crippen molar-refractivity contribution in [3.05, 3.63) is 29.8 Å². The van der Waals surface area contributed by atoms with Gasteiger partial charge in [0.2, 0.25) is 11.8 Å². The molecule has 5 nitrogen and oxygen atoms in total. The summed E-state index contributed by atoms with van der Waals surface area (Å²) in [5.41, 5.74) is 1.92. The Morgan fingerprint density at radius 2 is 2.17 bits per heavy atom. The van der Waals surface area contributed by atoms with Gasteiger partial charge >= 0.3 is 0 Å². The molecule has 1 aromatic rings. The van der Waals surface area contributed by atoms with Gasteiger partial charge in [0.05, 0.1) is 0 Å². The van der Waals surface area contributed by atoms with Crippen molar-refractivity contribution < 1.29 is 9.59 Å². The minimum atomic E-state index is 0.0486. The molecule has 3 rings (SSSR count). The van der Waals surface area contributed by atoms with E-state index in [0.29, 0.717) is 19.4 Å². The third-order valence-electron chi connectivity index (χ3n) is 4.21. The number of thioether (sulfide) groups is 1. The van der Waals surface area contributed by atoms with Crippen molar-refractivity contribution in [3.63, 3.8) is 0 Å². The lowest BCUT2D eigenvalue weighted by Crippen LogP contribution is -2.39. The quantitative estimate of drug-likeness (QED) is 0.863. The Morgan fingerprint density at radius 3 is 2.83 bits per heavy atom. The summed E-state index contributed by atoms with van der Waals surface area (Å²) in [5, 5.41) is 6.32. The minimum Gasteiger partial charge on any atom is -0.338 e. The normalized spacial score (nSPS) is 21.5. The maximum absolute atomic E-state index is 12.1. The van der Waals surface area contributed by atoms with Gasteiger partial charge in [0, 0.05) is 55.7 Å². The lowest BCUT2D eigenvalue weighted by atomic mass is 10.1. The van der Waals surface area contributed by atoms with Crippen LogP contribution in [0, 0.1) is 0 Å². The molecule has 1 aromatic carbocycles. The molecule has 0 aliphatic carbocycles. The maximum Gasteiger partial charge on any atom is 0.225 e. The number of carbonyl (C=O) groups is 2. The van der Waals surface area contributed by atoms with Crippen LogP contribution in [0.2, 0.25) is 0 Å². The molecule has 1 unspecified atom stereocenters. The summed E-state index contributed by atoms with van der Waals surface area (Å²) in [6.45, 7) is 2.49. The molecule has 2 saturated heterocycles. The van der Waals surface area contributed by atoms with Crippen LogP contribution in [0.5, 0.6) is 0 Å². The van der Waals surface area contributed by atoms with Crippen LogP contribution in [0.4, 0.5) is 5.69 Å². The van der Waals surface area contributed by atoms with E-state index >= 15 is 0 Å². The molecule has 6 heteroatoms. The van der Waals surface area contributed by atoms with Crippen molar-refractivity contribution >= 4 is 29.3 Å². The molecule has 2 amide bonds. The first-order valence-corrected chi connectivity index (χ1v) is 9.34. The molecule has 0 aromatic heterocycles. The predicted molar refractivity (Wildman–Crippen MR) is 93.5 cm³/mol. The monoisotopic (exact) mass is 333 g/mol. The summed E-state index contributed by atoms with van der Waals surface area (Å²) < 4.78 is 0. The summed E-state index contributed by atoms with van der Waals surface area (Å²) >= 11 is 1.89. The lowest BCUT2D eigenvalue weighted by Gasteiger charge is -2.22.